The second kappa shape index (κ2) is 9.14. The molecule has 6 nitrogen and oxygen atoms in total. The molecular weight excluding hydrogens is 331 g/mol. The van der Waals surface area contributed by atoms with Crippen LogP contribution in [0.1, 0.15) is 37.0 Å². The molecule has 1 heterocycles. The second-order valence-electron chi connectivity index (χ2n) is 5.17. The fourth-order valence-electron chi connectivity index (χ4n) is 2.31. The van der Waals surface area contributed by atoms with Crippen molar-refractivity contribution in [2.45, 2.75) is 39.1 Å². The summed E-state index contributed by atoms with van der Waals surface area (Å²) in [5.41, 5.74) is 0.484. The molecule has 0 N–H and O–H groups in total. The van der Waals surface area contributed by atoms with Crippen LogP contribution in [0.4, 0.5) is 0 Å². The van der Waals surface area contributed by atoms with Crippen molar-refractivity contribution < 1.29 is 27.9 Å². The topological polar surface area (TPSA) is 71.1 Å². The summed E-state index contributed by atoms with van der Waals surface area (Å²) in [6.07, 6.45) is 2.02. The van der Waals surface area contributed by atoms with Crippen LogP contribution in [0.25, 0.3) is 0 Å². The molecule has 1 unspecified atom stereocenters. The van der Waals surface area contributed by atoms with E-state index in [1.165, 1.54) is 5.82 Å². The first-order chi connectivity index (χ1) is 11.6. The molecule has 0 aliphatic carbocycles. The first kappa shape index (κ1) is 18.9. The maximum Gasteiger partial charge on any atom is 0.353 e. The average molecular weight is 354 g/mol. The molecule has 1 aliphatic rings. The minimum Gasteiger partial charge on any atom is -0.432 e. The van der Waals surface area contributed by atoms with Gasteiger partial charge in [0.1, 0.15) is 0 Å². The zero-order valence-electron chi connectivity index (χ0n) is 13.9. The third-order valence-electron chi connectivity index (χ3n) is 3.36. The molecule has 2 atom stereocenters. The first-order valence-electron chi connectivity index (χ1n) is 8.06. The van der Waals surface area contributed by atoms with E-state index >= 15 is 0 Å². The predicted molar refractivity (Wildman–Crippen MR) is 89.8 cm³/mol. The van der Waals surface area contributed by atoms with Crippen molar-refractivity contribution in [1.29, 1.82) is 0 Å². The van der Waals surface area contributed by atoms with Crippen molar-refractivity contribution in [2.24, 2.45) is 0 Å². The highest BCUT2D eigenvalue weighted by atomic mass is 31.2. The molecule has 0 bridgehead atoms. The number of hydrogen-bond acceptors (Lipinski definition) is 6. The number of carbonyl (C=O) groups excluding carboxylic acids is 1. The highest BCUT2D eigenvalue weighted by Crippen LogP contribution is 2.49. The Bertz CT molecular complexity index is 590. The predicted octanol–water partition coefficient (Wildman–Crippen LogP) is 4.13. The van der Waals surface area contributed by atoms with E-state index in [1.807, 2.05) is 6.07 Å². The van der Waals surface area contributed by atoms with Crippen LogP contribution in [0.5, 0.6) is 0 Å². The van der Waals surface area contributed by atoms with E-state index in [4.69, 9.17) is 18.5 Å². The Morgan fingerprint density at radius 3 is 2.50 bits per heavy atom. The number of benzene rings is 1. The highest BCUT2D eigenvalue weighted by molar-refractivity contribution is 7.57. The van der Waals surface area contributed by atoms with Gasteiger partial charge in [-0.15, -0.1) is 0 Å². The summed E-state index contributed by atoms with van der Waals surface area (Å²) in [5, 5.41) is 0. The second-order valence-corrected chi connectivity index (χ2v) is 7.06. The van der Waals surface area contributed by atoms with E-state index in [0.717, 1.165) is 0 Å². The van der Waals surface area contributed by atoms with Crippen LogP contribution in [0.2, 0.25) is 0 Å². The highest BCUT2D eigenvalue weighted by Gasteiger charge is 2.28. The Labute approximate surface area is 142 Å². The lowest BCUT2D eigenvalue weighted by molar-refractivity contribution is -0.0920. The summed E-state index contributed by atoms with van der Waals surface area (Å²) in [4.78, 5) is 12.0. The molecule has 1 aromatic rings. The van der Waals surface area contributed by atoms with Crippen molar-refractivity contribution >= 4 is 13.6 Å². The lowest BCUT2D eigenvalue weighted by Gasteiger charge is -2.14. The molecule has 1 aromatic carbocycles. The van der Waals surface area contributed by atoms with Crippen molar-refractivity contribution in [1.82, 2.24) is 0 Å². The smallest absolute Gasteiger partial charge is 0.353 e. The van der Waals surface area contributed by atoms with Gasteiger partial charge >= 0.3 is 13.6 Å². The van der Waals surface area contributed by atoms with Crippen LogP contribution in [0.3, 0.4) is 0 Å². The Kier molecular flexibility index (Phi) is 7.18. The lowest BCUT2D eigenvalue weighted by atomic mass is 10.2. The van der Waals surface area contributed by atoms with Gasteiger partial charge in [-0.2, -0.15) is 0 Å². The largest absolute Gasteiger partial charge is 0.432 e. The molecule has 0 radical (unpaired) electrons. The molecule has 0 spiro atoms. The first-order valence-corrected chi connectivity index (χ1v) is 9.67. The van der Waals surface area contributed by atoms with Crippen LogP contribution >= 0.6 is 7.60 Å². The van der Waals surface area contributed by atoms with E-state index in [0.29, 0.717) is 31.6 Å². The van der Waals surface area contributed by atoms with Crippen molar-refractivity contribution in [2.75, 3.05) is 13.2 Å². The van der Waals surface area contributed by atoms with Gasteiger partial charge in [-0.05, 0) is 38.5 Å². The number of rotatable bonds is 8. The van der Waals surface area contributed by atoms with Gasteiger partial charge in [0.15, 0.2) is 0 Å². The summed E-state index contributed by atoms with van der Waals surface area (Å²) >= 11 is 0. The Morgan fingerprint density at radius 2 is 1.88 bits per heavy atom. The summed E-state index contributed by atoms with van der Waals surface area (Å²) in [6, 6.07) is 8.76. The Hall–Kier alpha value is -1.46. The van der Waals surface area contributed by atoms with Crippen molar-refractivity contribution in [3.8, 4) is 0 Å². The van der Waals surface area contributed by atoms with Crippen molar-refractivity contribution in [3.63, 3.8) is 0 Å². The van der Waals surface area contributed by atoms with Gasteiger partial charge in [0.25, 0.3) is 0 Å². The fraction of sp³-hybridized carbons (Fsp3) is 0.471. The molecule has 1 aliphatic heterocycles. The zero-order valence-corrected chi connectivity index (χ0v) is 14.8. The van der Waals surface area contributed by atoms with Gasteiger partial charge < -0.3 is 18.5 Å². The van der Waals surface area contributed by atoms with E-state index in [-0.39, 0.29) is 6.10 Å². The molecule has 7 heteroatoms. The van der Waals surface area contributed by atoms with Crippen LogP contribution in [-0.4, -0.2) is 31.6 Å². The van der Waals surface area contributed by atoms with Gasteiger partial charge in [0, 0.05) is 12.2 Å². The van der Waals surface area contributed by atoms with Crippen LogP contribution < -0.4 is 0 Å². The molecule has 0 saturated carbocycles. The maximum absolute atomic E-state index is 12.3. The summed E-state index contributed by atoms with van der Waals surface area (Å²) in [5.74, 6) is 1.01. The molecule has 0 aromatic heterocycles. The summed E-state index contributed by atoms with van der Waals surface area (Å²) in [7, 11) is -3.24. The van der Waals surface area contributed by atoms with E-state index < -0.39 is 19.9 Å². The maximum atomic E-state index is 12.3. The van der Waals surface area contributed by atoms with Gasteiger partial charge in [0.05, 0.1) is 24.9 Å². The van der Waals surface area contributed by atoms with Crippen LogP contribution in [0.15, 0.2) is 42.2 Å². The quantitative estimate of drug-likeness (QED) is 0.516. The van der Waals surface area contributed by atoms with E-state index in [2.05, 4.69) is 0 Å². The van der Waals surface area contributed by atoms with Crippen LogP contribution in [0, 0.1) is 0 Å². The Morgan fingerprint density at radius 1 is 1.21 bits per heavy atom. The van der Waals surface area contributed by atoms with Gasteiger partial charge in [-0.25, -0.2) is 4.79 Å². The molecule has 132 valence electrons. The van der Waals surface area contributed by atoms with E-state index in [9.17, 15) is 9.36 Å². The third kappa shape index (κ3) is 5.56. The zero-order chi connectivity index (χ0) is 17.4. The van der Waals surface area contributed by atoms with Crippen molar-refractivity contribution in [3.05, 3.63) is 47.8 Å². The Balaban J connectivity index is 1.87. The minimum absolute atomic E-state index is 0.284. The molecule has 1 fully saturated rings. The number of hydrogen-bond donors (Lipinski definition) is 0. The summed E-state index contributed by atoms with van der Waals surface area (Å²) in [6.45, 7) is 4.10. The number of carbonyl (C=O) groups is 1. The standard InChI is InChI=1S/C17H23O6P/c1-3-20-24(19,21-4-2)13-12-15-10-11-16(22-15)23-17(18)14-8-6-5-7-9-14/h5-9,12-13,15-16H,3-4,10-11H2,1-2H3/b13-12+/t15-,16?/m0/s1. The van der Waals surface area contributed by atoms with Gasteiger partial charge in [0.2, 0.25) is 6.29 Å². The summed E-state index contributed by atoms with van der Waals surface area (Å²) < 4.78 is 33.7. The number of ether oxygens (including phenoxy) is 2. The lowest BCUT2D eigenvalue weighted by Crippen LogP contribution is -2.18. The molecule has 2 rings (SSSR count). The molecule has 24 heavy (non-hydrogen) atoms. The fourth-order valence-corrected chi connectivity index (χ4v) is 3.68. The molecule has 1 saturated heterocycles. The molecular formula is C17H23O6P. The van der Waals surface area contributed by atoms with Crippen LogP contribution in [-0.2, 0) is 23.1 Å². The molecule has 0 amide bonds. The van der Waals surface area contributed by atoms with Gasteiger partial charge in [-0.3, -0.25) is 4.57 Å². The normalized spacial score (nSPS) is 21.2. The third-order valence-corrected chi connectivity index (χ3v) is 5.14. The number of esters is 1. The average Bonchev–Trinajstić information content (AvgIpc) is 3.02. The van der Waals surface area contributed by atoms with Gasteiger partial charge in [-0.1, -0.05) is 18.2 Å². The SMILES string of the molecule is CCOP(=O)(/C=C/[C@@H]1CCC(OC(=O)c2ccccc2)O1)OCC. The van der Waals surface area contributed by atoms with E-state index in [1.54, 1.807) is 44.2 Å². The monoisotopic (exact) mass is 354 g/mol. The minimum atomic E-state index is -3.24.